The van der Waals surface area contributed by atoms with Crippen molar-refractivity contribution in [3.8, 4) is 0 Å². The Balaban J connectivity index is 2.24. The molecule has 1 saturated heterocycles. The van der Waals surface area contributed by atoms with E-state index in [2.05, 4.69) is 0 Å². The Morgan fingerprint density at radius 1 is 1.70 bits per heavy atom. The zero-order valence-corrected chi connectivity index (χ0v) is 12.6. The Labute approximate surface area is 122 Å². The monoisotopic (exact) mass is 300 g/mol. The number of piperidine rings is 1. The van der Waals surface area contributed by atoms with Gasteiger partial charge in [0, 0.05) is 30.6 Å². The molecule has 1 fully saturated rings. The van der Waals surface area contributed by atoms with E-state index in [0.29, 0.717) is 23.0 Å². The fourth-order valence-corrected chi connectivity index (χ4v) is 3.54. The number of thiophene rings is 1. The van der Waals surface area contributed by atoms with Crippen molar-refractivity contribution < 1.29 is 14.8 Å². The van der Waals surface area contributed by atoms with Crippen molar-refractivity contribution in [3.63, 3.8) is 0 Å². The Morgan fingerprint density at radius 3 is 3.05 bits per heavy atom. The number of aliphatic hydroxyl groups is 1. The minimum Gasteiger partial charge on any atom is -0.388 e. The second-order valence-corrected chi connectivity index (χ2v) is 6.00. The first-order chi connectivity index (χ1) is 9.52. The van der Waals surface area contributed by atoms with E-state index in [-0.39, 0.29) is 16.7 Å². The lowest BCUT2D eigenvalue weighted by molar-refractivity contribution is -0.383. The Bertz CT molecular complexity index is 473. The van der Waals surface area contributed by atoms with Crippen LogP contribution in [-0.4, -0.2) is 35.8 Å². The molecule has 6 nitrogen and oxygen atoms in total. The number of hydrogen-bond acceptors (Lipinski definition) is 6. The maximum atomic E-state index is 11.2. The number of nitrogens with zero attached hydrogens (tertiary/aromatic N) is 2. The summed E-state index contributed by atoms with van der Waals surface area (Å²) >= 11 is 1.30. The van der Waals surface area contributed by atoms with E-state index in [1.165, 1.54) is 17.4 Å². The average molecular weight is 300 g/mol. The summed E-state index contributed by atoms with van der Waals surface area (Å²) in [4.78, 5) is 13.4. The highest BCUT2D eigenvalue weighted by molar-refractivity contribution is 7.16. The Kier molecular flexibility index (Phi) is 4.95. The topological polar surface area (TPSA) is 75.8 Å². The third-order valence-corrected chi connectivity index (χ3v) is 4.74. The fourth-order valence-electron chi connectivity index (χ4n) is 2.45. The number of hydrogen-bond donors (Lipinski definition) is 1. The molecular weight excluding hydrogens is 280 g/mol. The Morgan fingerprint density at radius 2 is 2.45 bits per heavy atom. The third kappa shape index (κ3) is 3.28. The molecule has 0 aliphatic carbocycles. The van der Waals surface area contributed by atoms with Crippen molar-refractivity contribution in [3.05, 3.63) is 21.1 Å². The van der Waals surface area contributed by atoms with Crippen LogP contribution in [0.2, 0.25) is 0 Å². The molecule has 1 N–H and O–H groups in total. The maximum Gasteiger partial charge on any atom is 0.304 e. The van der Waals surface area contributed by atoms with E-state index in [0.717, 1.165) is 19.4 Å². The number of rotatable bonds is 5. The molecule has 20 heavy (non-hydrogen) atoms. The largest absolute Gasteiger partial charge is 0.388 e. The highest BCUT2D eigenvalue weighted by Crippen LogP contribution is 2.41. The van der Waals surface area contributed by atoms with Gasteiger partial charge in [-0.2, -0.15) is 0 Å². The number of nitro groups is 1. The van der Waals surface area contributed by atoms with Crippen molar-refractivity contribution in [2.75, 3.05) is 24.6 Å². The van der Waals surface area contributed by atoms with Crippen LogP contribution in [0.5, 0.6) is 0 Å². The van der Waals surface area contributed by atoms with Crippen LogP contribution in [0.25, 0.3) is 0 Å². The quantitative estimate of drug-likeness (QED) is 0.668. The minimum absolute atomic E-state index is 0.0862. The van der Waals surface area contributed by atoms with E-state index < -0.39 is 6.10 Å². The molecule has 0 radical (unpaired) electrons. The zero-order chi connectivity index (χ0) is 14.7. The highest BCUT2D eigenvalue weighted by atomic mass is 32.1. The molecule has 112 valence electrons. The number of ether oxygens (including phenoxy) is 1. The van der Waals surface area contributed by atoms with Crippen molar-refractivity contribution in [2.24, 2.45) is 0 Å². The normalized spacial score (nSPS) is 20.9. The summed E-state index contributed by atoms with van der Waals surface area (Å²) in [5.74, 6) is 0. The van der Waals surface area contributed by atoms with Gasteiger partial charge in [-0.25, -0.2) is 0 Å². The van der Waals surface area contributed by atoms with Crippen LogP contribution in [0.3, 0.4) is 0 Å². The number of anilines is 1. The lowest BCUT2D eigenvalue weighted by Crippen LogP contribution is -2.39. The molecule has 2 unspecified atom stereocenters. The van der Waals surface area contributed by atoms with E-state index in [1.54, 1.807) is 6.92 Å². The van der Waals surface area contributed by atoms with Gasteiger partial charge in [0.15, 0.2) is 5.00 Å². The average Bonchev–Trinajstić information content (AvgIpc) is 2.85. The van der Waals surface area contributed by atoms with Gasteiger partial charge in [0.1, 0.15) is 0 Å². The minimum atomic E-state index is -0.681. The molecule has 2 rings (SSSR count). The van der Waals surface area contributed by atoms with E-state index in [4.69, 9.17) is 4.74 Å². The molecule has 1 aromatic rings. The second kappa shape index (κ2) is 6.51. The first-order valence-corrected chi connectivity index (χ1v) is 7.67. The first-order valence-electron chi connectivity index (χ1n) is 6.85. The SMILES string of the molecule is CCOC1CCCN(c2sc(C(C)O)cc2[N+](=O)[O-])C1. The summed E-state index contributed by atoms with van der Waals surface area (Å²) in [6.07, 6.45) is 1.40. The second-order valence-electron chi connectivity index (χ2n) is 4.94. The molecule has 1 aliphatic heterocycles. The predicted molar refractivity (Wildman–Crippen MR) is 78.5 cm³/mol. The van der Waals surface area contributed by atoms with Crippen molar-refractivity contribution in [1.82, 2.24) is 0 Å². The molecule has 2 heterocycles. The first kappa shape index (κ1) is 15.2. The molecule has 1 aromatic heterocycles. The van der Waals surface area contributed by atoms with Crippen LogP contribution in [0.1, 0.15) is 37.7 Å². The molecule has 0 bridgehead atoms. The smallest absolute Gasteiger partial charge is 0.304 e. The summed E-state index contributed by atoms with van der Waals surface area (Å²) in [6, 6.07) is 1.48. The molecule has 0 saturated carbocycles. The number of aliphatic hydroxyl groups excluding tert-OH is 1. The van der Waals surface area contributed by atoms with Gasteiger partial charge in [-0.3, -0.25) is 10.1 Å². The van der Waals surface area contributed by atoms with Crippen molar-refractivity contribution in [1.29, 1.82) is 0 Å². The predicted octanol–water partition coefficient (Wildman–Crippen LogP) is 2.71. The summed E-state index contributed by atoms with van der Waals surface area (Å²) in [5.41, 5.74) is 0.0862. The highest BCUT2D eigenvalue weighted by Gasteiger charge is 2.29. The van der Waals surface area contributed by atoms with Crippen LogP contribution < -0.4 is 4.90 Å². The van der Waals surface area contributed by atoms with Gasteiger partial charge in [0.25, 0.3) is 0 Å². The van der Waals surface area contributed by atoms with Crippen LogP contribution in [-0.2, 0) is 4.74 Å². The summed E-state index contributed by atoms with van der Waals surface area (Å²) in [6.45, 7) is 5.71. The summed E-state index contributed by atoms with van der Waals surface area (Å²) in [7, 11) is 0. The van der Waals surface area contributed by atoms with Crippen LogP contribution >= 0.6 is 11.3 Å². The van der Waals surface area contributed by atoms with Crippen LogP contribution in [0.15, 0.2) is 6.07 Å². The standard InChI is InChI=1S/C13H20N2O4S/c1-3-19-10-5-4-6-14(8-10)13-11(15(17)18)7-12(20-13)9(2)16/h7,9-10,16H,3-6,8H2,1-2H3. The van der Waals surface area contributed by atoms with Crippen molar-refractivity contribution >= 4 is 22.0 Å². The molecule has 2 atom stereocenters. The van der Waals surface area contributed by atoms with Gasteiger partial charge in [-0.05, 0) is 26.7 Å². The lowest BCUT2D eigenvalue weighted by Gasteiger charge is -2.32. The van der Waals surface area contributed by atoms with Crippen LogP contribution in [0, 0.1) is 10.1 Å². The molecule has 0 amide bonds. The van der Waals surface area contributed by atoms with Gasteiger partial charge >= 0.3 is 5.69 Å². The van der Waals surface area contributed by atoms with Crippen molar-refractivity contribution in [2.45, 2.75) is 38.9 Å². The summed E-state index contributed by atoms with van der Waals surface area (Å²) in [5, 5.41) is 21.4. The summed E-state index contributed by atoms with van der Waals surface area (Å²) < 4.78 is 5.63. The third-order valence-electron chi connectivity index (χ3n) is 3.39. The lowest BCUT2D eigenvalue weighted by atomic mass is 10.1. The fraction of sp³-hybridized carbons (Fsp3) is 0.692. The van der Waals surface area contributed by atoms with Gasteiger partial charge in [-0.1, -0.05) is 0 Å². The molecule has 0 spiro atoms. The van der Waals surface area contributed by atoms with E-state index in [1.807, 2.05) is 11.8 Å². The molecule has 7 heteroatoms. The van der Waals surface area contributed by atoms with Gasteiger partial charge in [-0.15, -0.1) is 11.3 Å². The van der Waals surface area contributed by atoms with E-state index >= 15 is 0 Å². The van der Waals surface area contributed by atoms with Gasteiger partial charge < -0.3 is 14.7 Å². The van der Waals surface area contributed by atoms with E-state index in [9.17, 15) is 15.2 Å². The van der Waals surface area contributed by atoms with Gasteiger partial charge in [0.2, 0.25) is 0 Å². The molecular formula is C13H20N2O4S. The van der Waals surface area contributed by atoms with Crippen LogP contribution in [0.4, 0.5) is 10.7 Å². The molecule has 1 aliphatic rings. The molecule has 0 aromatic carbocycles. The Hall–Kier alpha value is -1.18. The zero-order valence-electron chi connectivity index (χ0n) is 11.7. The maximum absolute atomic E-state index is 11.2. The van der Waals surface area contributed by atoms with Gasteiger partial charge in [0.05, 0.1) is 17.1 Å².